The molecule has 25 heavy (non-hydrogen) atoms. The quantitative estimate of drug-likeness (QED) is 0.752. The molecule has 2 N–H and O–H groups in total. The Morgan fingerprint density at radius 1 is 1.36 bits per heavy atom. The van der Waals surface area contributed by atoms with E-state index >= 15 is 0 Å². The third-order valence-electron chi connectivity index (χ3n) is 4.05. The second kappa shape index (κ2) is 7.87. The molecule has 0 aromatic heterocycles. The minimum atomic E-state index is -1.01. The van der Waals surface area contributed by atoms with E-state index in [1.54, 1.807) is 7.05 Å². The minimum absolute atomic E-state index is 0.0263. The summed E-state index contributed by atoms with van der Waals surface area (Å²) in [5.74, 6) is -2.94. The molecule has 1 aromatic carbocycles. The van der Waals surface area contributed by atoms with E-state index in [4.69, 9.17) is 0 Å². The highest BCUT2D eigenvalue weighted by Crippen LogP contribution is 2.32. The molecule has 0 radical (unpaired) electrons. The lowest BCUT2D eigenvalue weighted by Crippen LogP contribution is -2.40. The zero-order valence-electron chi connectivity index (χ0n) is 13.7. The lowest BCUT2D eigenvalue weighted by molar-refractivity contribution is -0.127. The van der Waals surface area contributed by atoms with Gasteiger partial charge in [-0.1, -0.05) is 12.6 Å². The summed E-state index contributed by atoms with van der Waals surface area (Å²) in [6.07, 6.45) is 1.19. The number of likely N-dealkylation sites (N-methyl/N-ethyl adjacent to an activating group) is 1. The Balaban J connectivity index is 2.06. The first-order chi connectivity index (χ1) is 11.8. The van der Waals surface area contributed by atoms with Crippen molar-refractivity contribution in [3.63, 3.8) is 0 Å². The van der Waals surface area contributed by atoms with Crippen molar-refractivity contribution in [3.05, 3.63) is 48.1 Å². The molecule has 6 nitrogen and oxygen atoms in total. The molecule has 2 atom stereocenters. The molecule has 1 aromatic rings. The Morgan fingerprint density at radius 3 is 2.72 bits per heavy atom. The molecule has 0 bridgehead atoms. The topological polar surface area (TPSA) is 78.5 Å². The fourth-order valence-corrected chi connectivity index (χ4v) is 2.80. The maximum absolute atomic E-state index is 13.5. The number of hydrogen-bond donors (Lipinski definition) is 2. The summed E-state index contributed by atoms with van der Waals surface area (Å²) >= 11 is 0. The first kappa shape index (κ1) is 18.6. The van der Waals surface area contributed by atoms with Crippen LogP contribution in [0.3, 0.4) is 0 Å². The highest BCUT2D eigenvalue weighted by Gasteiger charge is 2.39. The van der Waals surface area contributed by atoms with E-state index in [2.05, 4.69) is 17.2 Å². The highest BCUT2D eigenvalue weighted by atomic mass is 19.2. The van der Waals surface area contributed by atoms with Gasteiger partial charge in [-0.15, -0.1) is 0 Å². The molecule has 1 aliphatic heterocycles. The molecule has 8 heteroatoms. The highest BCUT2D eigenvalue weighted by molar-refractivity contribution is 5.87. The fraction of sp³-hybridized carbons (Fsp3) is 0.353. The van der Waals surface area contributed by atoms with Crippen LogP contribution in [0.2, 0.25) is 0 Å². The van der Waals surface area contributed by atoms with E-state index in [1.807, 2.05) is 0 Å². The van der Waals surface area contributed by atoms with Gasteiger partial charge in [-0.2, -0.15) is 0 Å². The Bertz CT molecular complexity index is 708. The summed E-state index contributed by atoms with van der Waals surface area (Å²) < 4.78 is 26.6. The fourth-order valence-electron chi connectivity index (χ4n) is 2.80. The first-order valence-electron chi connectivity index (χ1n) is 7.73. The molecule has 134 valence electrons. The second-order valence-electron chi connectivity index (χ2n) is 5.75. The number of carbonyl (C=O) groups is 3. The van der Waals surface area contributed by atoms with Gasteiger partial charge in [-0.3, -0.25) is 14.4 Å². The number of nitrogens with one attached hydrogen (secondary N) is 2. The number of rotatable bonds is 6. The van der Waals surface area contributed by atoms with Gasteiger partial charge in [-0.05, 0) is 23.8 Å². The van der Waals surface area contributed by atoms with Crippen LogP contribution in [0.15, 0.2) is 30.9 Å². The number of likely N-dealkylation sites (tertiary alicyclic amines) is 1. The van der Waals surface area contributed by atoms with Crippen LogP contribution in [-0.2, 0) is 14.4 Å². The van der Waals surface area contributed by atoms with Crippen LogP contribution < -0.4 is 10.6 Å². The predicted octanol–water partition coefficient (Wildman–Crippen LogP) is 1.05. The third kappa shape index (κ3) is 4.40. The van der Waals surface area contributed by atoms with Gasteiger partial charge in [0, 0.05) is 26.4 Å². The smallest absolute Gasteiger partial charge is 0.243 e. The summed E-state index contributed by atoms with van der Waals surface area (Å²) in [5, 5.41) is 5.20. The maximum atomic E-state index is 13.5. The van der Waals surface area contributed by atoms with Crippen LogP contribution in [0.1, 0.15) is 24.4 Å². The van der Waals surface area contributed by atoms with E-state index in [9.17, 15) is 23.2 Å². The number of benzene rings is 1. The van der Waals surface area contributed by atoms with E-state index in [-0.39, 0.29) is 37.1 Å². The van der Waals surface area contributed by atoms with Crippen molar-refractivity contribution in [3.8, 4) is 0 Å². The molecular formula is C17H19F2N3O3. The van der Waals surface area contributed by atoms with Crippen LogP contribution in [0.4, 0.5) is 8.78 Å². The summed E-state index contributed by atoms with van der Waals surface area (Å²) in [7, 11) is 1.55. The number of amides is 3. The van der Waals surface area contributed by atoms with Gasteiger partial charge >= 0.3 is 0 Å². The Labute approximate surface area is 143 Å². The molecule has 0 saturated carbocycles. The standard InChI is InChI=1S/C17H19F2N3O3/c1-3-14(23)20-7-6-15(24)21-13-9-16(25)22(2)17(13)10-4-5-11(18)12(19)8-10/h3-5,8,13,17H,1,6-7,9H2,2H3,(H,20,23)(H,21,24)/t13-,17+/m0/s1. The molecule has 1 fully saturated rings. The third-order valence-corrected chi connectivity index (χ3v) is 4.05. The number of halogens is 2. The van der Waals surface area contributed by atoms with Crippen LogP contribution in [-0.4, -0.2) is 42.3 Å². The SMILES string of the molecule is C=CC(=O)NCCC(=O)N[C@H]1CC(=O)N(C)[C@@H]1c1ccc(F)c(F)c1. The van der Waals surface area contributed by atoms with Crippen molar-refractivity contribution >= 4 is 17.7 Å². The van der Waals surface area contributed by atoms with Gasteiger partial charge < -0.3 is 15.5 Å². The van der Waals surface area contributed by atoms with Gasteiger partial charge in [0.1, 0.15) is 0 Å². The van der Waals surface area contributed by atoms with Crippen LogP contribution in [0.25, 0.3) is 0 Å². The summed E-state index contributed by atoms with van der Waals surface area (Å²) in [6.45, 7) is 3.43. The zero-order valence-corrected chi connectivity index (χ0v) is 13.7. The average Bonchev–Trinajstić information content (AvgIpc) is 2.84. The van der Waals surface area contributed by atoms with Gasteiger partial charge in [0.25, 0.3) is 0 Å². The lowest BCUT2D eigenvalue weighted by atomic mass is 9.99. The van der Waals surface area contributed by atoms with Gasteiger partial charge in [0.15, 0.2) is 11.6 Å². The Kier molecular flexibility index (Phi) is 5.84. The maximum Gasteiger partial charge on any atom is 0.243 e. The monoisotopic (exact) mass is 351 g/mol. The van der Waals surface area contributed by atoms with E-state index in [0.29, 0.717) is 5.56 Å². The molecule has 3 amide bonds. The van der Waals surface area contributed by atoms with Crippen LogP contribution >= 0.6 is 0 Å². The minimum Gasteiger partial charge on any atom is -0.352 e. The van der Waals surface area contributed by atoms with E-state index in [0.717, 1.165) is 18.2 Å². The Morgan fingerprint density at radius 2 is 2.08 bits per heavy atom. The summed E-state index contributed by atoms with van der Waals surface area (Å²) in [4.78, 5) is 36.5. The van der Waals surface area contributed by atoms with Crippen molar-refractivity contribution in [2.24, 2.45) is 0 Å². The van der Waals surface area contributed by atoms with Crippen molar-refractivity contribution in [2.75, 3.05) is 13.6 Å². The van der Waals surface area contributed by atoms with Crippen molar-refractivity contribution in [2.45, 2.75) is 24.9 Å². The molecule has 0 spiro atoms. The largest absolute Gasteiger partial charge is 0.352 e. The molecule has 0 unspecified atom stereocenters. The van der Waals surface area contributed by atoms with Crippen molar-refractivity contribution in [1.82, 2.24) is 15.5 Å². The van der Waals surface area contributed by atoms with Gasteiger partial charge in [0.05, 0.1) is 12.1 Å². The molecule has 1 saturated heterocycles. The summed E-state index contributed by atoms with van der Waals surface area (Å²) in [5.41, 5.74) is 0.400. The first-order valence-corrected chi connectivity index (χ1v) is 7.73. The van der Waals surface area contributed by atoms with Crippen molar-refractivity contribution < 1.29 is 23.2 Å². The lowest BCUT2D eigenvalue weighted by Gasteiger charge is -2.26. The van der Waals surface area contributed by atoms with Crippen LogP contribution in [0, 0.1) is 11.6 Å². The van der Waals surface area contributed by atoms with E-state index < -0.39 is 23.7 Å². The van der Waals surface area contributed by atoms with Crippen LogP contribution in [0.5, 0.6) is 0 Å². The average molecular weight is 351 g/mol. The molecule has 1 heterocycles. The van der Waals surface area contributed by atoms with Gasteiger partial charge in [0.2, 0.25) is 17.7 Å². The second-order valence-corrected chi connectivity index (χ2v) is 5.75. The zero-order chi connectivity index (χ0) is 18.6. The molecule has 2 rings (SSSR count). The van der Waals surface area contributed by atoms with Crippen molar-refractivity contribution in [1.29, 1.82) is 0 Å². The molecule has 0 aliphatic carbocycles. The molecule has 1 aliphatic rings. The number of carbonyl (C=O) groups excluding carboxylic acids is 3. The van der Waals surface area contributed by atoms with Gasteiger partial charge in [-0.25, -0.2) is 8.78 Å². The Hall–Kier alpha value is -2.77. The normalized spacial score (nSPS) is 19.6. The number of nitrogens with zero attached hydrogens (tertiary/aromatic N) is 1. The number of hydrogen-bond acceptors (Lipinski definition) is 3. The molecular weight excluding hydrogens is 332 g/mol. The predicted molar refractivity (Wildman–Crippen MR) is 86.2 cm³/mol. The summed E-state index contributed by atoms with van der Waals surface area (Å²) in [6, 6.07) is 2.25. The van der Waals surface area contributed by atoms with E-state index in [1.165, 1.54) is 11.0 Å².